The highest BCUT2D eigenvalue weighted by Gasteiger charge is 2.37. The van der Waals surface area contributed by atoms with Gasteiger partial charge in [-0.05, 0) is 28.7 Å². The van der Waals surface area contributed by atoms with Gasteiger partial charge in [-0.15, -0.1) is 0 Å². The Morgan fingerprint density at radius 3 is 2.19 bits per heavy atom. The second-order valence-electron chi connectivity index (χ2n) is 4.40. The molecular formula is C9H10ClF3INSi. The normalized spacial score (nSPS) is 13.0. The van der Waals surface area contributed by atoms with Gasteiger partial charge in [0.2, 0.25) is 0 Å². The average Bonchev–Trinajstić information content (AvgIpc) is 2.04. The van der Waals surface area contributed by atoms with E-state index in [9.17, 15) is 13.2 Å². The monoisotopic (exact) mass is 379 g/mol. The van der Waals surface area contributed by atoms with Gasteiger partial charge in [0.05, 0.1) is 10.6 Å². The number of rotatable bonds is 1. The van der Waals surface area contributed by atoms with Crippen molar-refractivity contribution in [3.63, 3.8) is 0 Å². The van der Waals surface area contributed by atoms with Crippen LogP contribution in [-0.2, 0) is 6.18 Å². The summed E-state index contributed by atoms with van der Waals surface area (Å²) in [5.74, 6) is 0. The SMILES string of the molecule is C[Si](C)(C)c1nc(I)cc(C(F)(F)F)c1Cl. The van der Waals surface area contributed by atoms with Crippen LogP contribution >= 0.6 is 34.2 Å². The Kier molecular flexibility index (Phi) is 3.96. The molecule has 0 spiro atoms. The Balaban J connectivity index is 3.51. The van der Waals surface area contributed by atoms with Gasteiger partial charge in [-0.25, -0.2) is 0 Å². The minimum atomic E-state index is -4.42. The van der Waals surface area contributed by atoms with E-state index >= 15 is 0 Å². The third kappa shape index (κ3) is 3.10. The smallest absolute Gasteiger partial charge is 0.250 e. The Morgan fingerprint density at radius 2 is 1.81 bits per heavy atom. The van der Waals surface area contributed by atoms with Crippen molar-refractivity contribution >= 4 is 47.6 Å². The molecule has 1 heterocycles. The van der Waals surface area contributed by atoms with Gasteiger partial charge in [-0.2, -0.15) is 13.2 Å². The fraction of sp³-hybridized carbons (Fsp3) is 0.444. The number of pyridine rings is 1. The van der Waals surface area contributed by atoms with Crippen LogP contribution in [-0.4, -0.2) is 13.1 Å². The molecule has 0 aromatic carbocycles. The van der Waals surface area contributed by atoms with E-state index in [1.807, 2.05) is 19.6 Å². The fourth-order valence-corrected chi connectivity index (χ4v) is 4.28. The summed E-state index contributed by atoms with van der Waals surface area (Å²) >= 11 is 7.58. The molecule has 0 radical (unpaired) electrons. The van der Waals surface area contributed by atoms with Gasteiger partial charge in [-0.3, -0.25) is 4.98 Å². The summed E-state index contributed by atoms with van der Waals surface area (Å²) in [5, 5.41) is 0.167. The van der Waals surface area contributed by atoms with Crippen LogP contribution in [0.3, 0.4) is 0 Å². The van der Waals surface area contributed by atoms with Gasteiger partial charge in [-0.1, -0.05) is 31.2 Å². The second-order valence-corrected chi connectivity index (χ2v) is 10.9. The number of aromatic nitrogens is 1. The first-order valence-corrected chi connectivity index (χ1v) is 9.43. The minimum Gasteiger partial charge on any atom is -0.250 e. The molecule has 1 rings (SSSR count). The summed E-state index contributed by atoms with van der Waals surface area (Å²) in [6, 6.07) is 0.979. The zero-order chi connectivity index (χ0) is 12.7. The van der Waals surface area contributed by atoms with Crippen LogP contribution in [0, 0.1) is 3.70 Å². The molecule has 90 valence electrons. The Labute approximate surface area is 112 Å². The highest BCUT2D eigenvalue weighted by atomic mass is 127. The second kappa shape index (κ2) is 4.45. The lowest BCUT2D eigenvalue weighted by Crippen LogP contribution is -2.42. The van der Waals surface area contributed by atoms with Crippen molar-refractivity contribution in [2.45, 2.75) is 25.8 Å². The van der Waals surface area contributed by atoms with Crippen LogP contribution in [0.5, 0.6) is 0 Å². The molecule has 0 unspecified atom stereocenters. The van der Waals surface area contributed by atoms with E-state index in [1.54, 1.807) is 22.6 Å². The highest BCUT2D eigenvalue weighted by molar-refractivity contribution is 14.1. The predicted octanol–water partition coefficient (Wildman–Crippen LogP) is 3.90. The van der Waals surface area contributed by atoms with Gasteiger partial charge in [0.1, 0.15) is 11.8 Å². The first-order chi connectivity index (χ1) is 7.03. The fourth-order valence-electron chi connectivity index (χ4n) is 1.20. The third-order valence-electron chi connectivity index (χ3n) is 1.94. The van der Waals surface area contributed by atoms with Crippen molar-refractivity contribution in [2.75, 3.05) is 0 Å². The molecular weight excluding hydrogens is 370 g/mol. The lowest BCUT2D eigenvalue weighted by molar-refractivity contribution is -0.137. The van der Waals surface area contributed by atoms with Gasteiger partial charge in [0.15, 0.2) is 0 Å². The lowest BCUT2D eigenvalue weighted by atomic mass is 10.2. The molecule has 0 aliphatic heterocycles. The van der Waals surface area contributed by atoms with Crippen molar-refractivity contribution in [1.29, 1.82) is 0 Å². The number of halogens is 5. The molecule has 1 nitrogen and oxygen atoms in total. The van der Waals surface area contributed by atoms with E-state index in [0.29, 0.717) is 9.02 Å². The van der Waals surface area contributed by atoms with Gasteiger partial charge >= 0.3 is 6.18 Å². The summed E-state index contributed by atoms with van der Waals surface area (Å²) in [6.45, 7) is 5.74. The standard InChI is InChI=1S/C9H10ClF3INSi/c1-16(2,3)8-7(10)5(9(11,12)13)4-6(14)15-8/h4H,1-3H3. The molecule has 0 aliphatic rings. The lowest BCUT2D eigenvalue weighted by Gasteiger charge is -2.20. The number of hydrogen-bond donors (Lipinski definition) is 0. The van der Waals surface area contributed by atoms with Crippen LogP contribution in [0.15, 0.2) is 6.07 Å². The first-order valence-electron chi connectivity index (χ1n) is 4.47. The summed E-state index contributed by atoms with van der Waals surface area (Å²) in [5.41, 5.74) is -0.786. The number of hydrogen-bond acceptors (Lipinski definition) is 1. The Hall–Kier alpha value is 0.177. The molecule has 0 saturated carbocycles. The average molecular weight is 380 g/mol. The van der Waals surface area contributed by atoms with E-state index in [1.165, 1.54) is 0 Å². The van der Waals surface area contributed by atoms with Gasteiger partial charge in [0, 0.05) is 5.32 Å². The number of alkyl halides is 3. The molecule has 0 amide bonds. The molecule has 0 saturated heterocycles. The van der Waals surface area contributed by atoms with E-state index < -0.39 is 19.8 Å². The molecule has 16 heavy (non-hydrogen) atoms. The maximum Gasteiger partial charge on any atom is 0.417 e. The first kappa shape index (κ1) is 14.2. The van der Waals surface area contributed by atoms with Crippen LogP contribution < -0.4 is 5.32 Å². The molecule has 0 N–H and O–H groups in total. The van der Waals surface area contributed by atoms with Gasteiger partial charge < -0.3 is 0 Å². The van der Waals surface area contributed by atoms with Crippen LogP contribution in [0.1, 0.15) is 5.56 Å². The summed E-state index contributed by atoms with van der Waals surface area (Å²) in [6.07, 6.45) is -4.42. The molecule has 1 aromatic heterocycles. The van der Waals surface area contributed by atoms with E-state index in [2.05, 4.69) is 4.98 Å². The maximum absolute atomic E-state index is 12.7. The zero-order valence-electron chi connectivity index (χ0n) is 8.91. The van der Waals surface area contributed by atoms with Crippen LogP contribution in [0.2, 0.25) is 24.7 Å². The van der Waals surface area contributed by atoms with Crippen LogP contribution in [0.4, 0.5) is 13.2 Å². The molecule has 0 bridgehead atoms. The summed E-state index contributed by atoms with van der Waals surface area (Å²) < 4.78 is 38.4. The molecule has 0 fully saturated rings. The molecule has 7 heteroatoms. The maximum atomic E-state index is 12.7. The topological polar surface area (TPSA) is 12.9 Å². The van der Waals surface area contributed by atoms with E-state index in [0.717, 1.165) is 6.07 Å². The molecule has 1 aromatic rings. The predicted molar refractivity (Wildman–Crippen MR) is 69.9 cm³/mol. The highest BCUT2D eigenvalue weighted by Crippen LogP contribution is 2.34. The van der Waals surface area contributed by atoms with Crippen molar-refractivity contribution in [3.05, 3.63) is 20.4 Å². The van der Waals surface area contributed by atoms with Crippen molar-refractivity contribution in [2.24, 2.45) is 0 Å². The molecule has 0 atom stereocenters. The van der Waals surface area contributed by atoms with Crippen LogP contribution in [0.25, 0.3) is 0 Å². The van der Waals surface area contributed by atoms with Crippen molar-refractivity contribution < 1.29 is 13.2 Å². The van der Waals surface area contributed by atoms with E-state index in [-0.39, 0.29) is 5.02 Å². The summed E-state index contributed by atoms with van der Waals surface area (Å²) in [7, 11) is -1.97. The minimum absolute atomic E-state index is 0.243. The Bertz CT molecular complexity index is 379. The Morgan fingerprint density at radius 1 is 1.31 bits per heavy atom. The van der Waals surface area contributed by atoms with Crippen molar-refractivity contribution in [3.8, 4) is 0 Å². The quantitative estimate of drug-likeness (QED) is 0.410. The molecule has 0 aliphatic carbocycles. The third-order valence-corrected chi connectivity index (χ3v) is 4.82. The van der Waals surface area contributed by atoms with E-state index in [4.69, 9.17) is 11.6 Å². The van der Waals surface area contributed by atoms with Crippen molar-refractivity contribution in [1.82, 2.24) is 4.98 Å². The zero-order valence-corrected chi connectivity index (χ0v) is 12.8. The summed E-state index contributed by atoms with van der Waals surface area (Å²) in [4.78, 5) is 4.13. The largest absolute Gasteiger partial charge is 0.417 e. The number of nitrogens with zero attached hydrogens (tertiary/aromatic N) is 1. The van der Waals surface area contributed by atoms with Gasteiger partial charge in [0.25, 0.3) is 0 Å².